The second-order valence-corrected chi connectivity index (χ2v) is 7.35. The highest BCUT2D eigenvalue weighted by molar-refractivity contribution is 7.80. The Morgan fingerprint density at radius 1 is 1.06 bits per heavy atom. The summed E-state index contributed by atoms with van der Waals surface area (Å²) < 4.78 is 11.1. The van der Waals surface area contributed by atoms with Crippen molar-refractivity contribution >= 4 is 46.7 Å². The van der Waals surface area contributed by atoms with Gasteiger partial charge in [-0.3, -0.25) is 19.7 Å². The molecule has 0 bridgehead atoms. The summed E-state index contributed by atoms with van der Waals surface area (Å²) in [5.74, 6) is 0.0605. The molecule has 0 spiro atoms. The smallest absolute Gasteiger partial charge is 0.270 e. The summed E-state index contributed by atoms with van der Waals surface area (Å²) >= 11 is 5.23. The number of methoxy groups -OCH3 is 1. The van der Waals surface area contributed by atoms with Gasteiger partial charge in [0, 0.05) is 11.1 Å². The van der Waals surface area contributed by atoms with E-state index in [4.69, 9.17) is 21.4 Å². The van der Waals surface area contributed by atoms with E-state index < -0.39 is 11.8 Å². The first-order valence-corrected chi connectivity index (χ1v) is 10.1. The molecule has 8 heteroatoms. The second kappa shape index (κ2) is 8.60. The number of hydrogen-bond donors (Lipinski definition) is 1. The van der Waals surface area contributed by atoms with Gasteiger partial charge < -0.3 is 9.15 Å². The topological polar surface area (TPSA) is 88.8 Å². The van der Waals surface area contributed by atoms with Gasteiger partial charge in [-0.2, -0.15) is 0 Å². The van der Waals surface area contributed by atoms with Gasteiger partial charge >= 0.3 is 0 Å². The number of benzene rings is 2. The molecule has 0 radical (unpaired) electrons. The highest BCUT2D eigenvalue weighted by atomic mass is 32.1. The van der Waals surface area contributed by atoms with E-state index in [-0.39, 0.29) is 16.5 Å². The van der Waals surface area contributed by atoms with E-state index in [0.717, 1.165) is 5.56 Å². The number of rotatable bonds is 5. The molecule has 2 heterocycles. The van der Waals surface area contributed by atoms with Gasteiger partial charge in [-0.25, -0.2) is 4.90 Å². The Balaban J connectivity index is 1.66. The van der Waals surface area contributed by atoms with Gasteiger partial charge in [0.1, 0.15) is 22.8 Å². The first-order chi connectivity index (χ1) is 15.4. The van der Waals surface area contributed by atoms with Crippen LogP contribution in [0.25, 0.3) is 17.4 Å². The molecule has 3 aromatic rings. The minimum atomic E-state index is -0.616. The summed E-state index contributed by atoms with van der Waals surface area (Å²) in [6.07, 6.45) is 1.37. The zero-order chi connectivity index (χ0) is 22.8. The minimum Gasteiger partial charge on any atom is -0.495 e. The summed E-state index contributed by atoms with van der Waals surface area (Å²) in [5, 5.41) is 2.50. The molecule has 1 aromatic heterocycles. The lowest BCUT2D eigenvalue weighted by atomic mass is 10.1. The van der Waals surface area contributed by atoms with Gasteiger partial charge in [-0.1, -0.05) is 36.4 Å². The van der Waals surface area contributed by atoms with Gasteiger partial charge in [0.15, 0.2) is 10.9 Å². The Kier molecular flexibility index (Phi) is 5.70. The first-order valence-electron chi connectivity index (χ1n) is 9.64. The van der Waals surface area contributed by atoms with Crippen LogP contribution in [0.3, 0.4) is 0 Å². The third kappa shape index (κ3) is 3.95. The molecule has 2 aromatic carbocycles. The van der Waals surface area contributed by atoms with Crippen molar-refractivity contribution in [3.05, 3.63) is 77.6 Å². The van der Waals surface area contributed by atoms with Crippen LogP contribution in [0, 0.1) is 0 Å². The molecule has 7 nitrogen and oxygen atoms in total. The highest BCUT2D eigenvalue weighted by Gasteiger charge is 2.36. The molecule has 1 N–H and O–H groups in total. The molecule has 4 rings (SSSR count). The third-order valence-electron chi connectivity index (χ3n) is 4.92. The normalized spacial score (nSPS) is 15.1. The van der Waals surface area contributed by atoms with E-state index in [1.807, 2.05) is 0 Å². The minimum absolute atomic E-state index is 0.0271. The van der Waals surface area contributed by atoms with Crippen LogP contribution in [-0.4, -0.2) is 29.8 Å². The Morgan fingerprint density at radius 3 is 2.47 bits per heavy atom. The van der Waals surface area contributed by atoms with Crippen LogP contribution in [0.2, 0.25) is 0 Å². The number of carbonyl (C=O) groups excluding carboxylic acids is 3. The van der Waals surface area contributed by atoms with E-state index in [9.17, 15) is 14.4 Å². The number of thiocarbonyl (C=S) groups is 1. The quantitative estimate of drug-likeness (QED) is 0.276. The average Bonchev–Trinajstić information content (AvgIpc) is 3.25. The fourth-order valence-corrected chi connectivity index (χ4v) is 3.56. The number of nitrogens with zero attached hydrogens (tertiary/aromatic N) is 1. The third-order valence-corrected chi connectivity index (χ3v) is 5.20. The molecule has 1 aliphatic heterocycles. The van der Waals surface area contributed by atoms with Gasteiger partial charge in [0.25, 0.3) is 11.8 Å². The number of nitrogens with one attached hydrogen (secondary N) is 1. The fourth-order valence-electron chi connectivity index (χ4n) is 3.29. The van der Waals surface area contributed by atoms with Crippen molar-refractivity contribution in [3.8, 4) is 17.1 Å². The number of ketones is 1. The maximum absolute atomic E-state index is 13.2. The number of carbonyl (C=O) groups is 3. The Morgan fingerprint density at radius 2 is 1.78 bits per heavy atom. The van der Waals surface area contributed by atoms with Crippen molar-refractivity contribution in [3.63, 3.8) is 0 Å². The van der Waals surface area contributed by atoms with E-state index in [0.29, 0.717) is 28.5 Å². The van der Waals surface area contributed by atoms with Crippen LogP contribution >= 0.6 is 12.2 Å². The molecule has 0 unspecified atom stereocenters. The SMILES string of the molecule is COc1ccccc1N1C(=O)/C(=C/c2ccc(-c3ccc(C(C)=O)cc3)o2)C(=O)NC1=S. The van der Waals surface area contributed by atoms with Crippen LogP contribution in [0.15, 0.2) is 70.7 Å². The summed E-state index contributed by atoms with van der Waals surface area (Å²) in [5.41, 5.74) is 1.65. The molecule has 0 atom stereocenters. The summed E-state index contributed by atoms with van der Waals surface area (Å²) in [6, 6.07) is 17.2. The van der Waals surface area contributed by atoms with Crippen LogP contribution < -0.4 is 15.0 Å². The number of anilines is 1. The van der Waals surface area contributed by atoms with Gasteiger partial charge in [0.2, 0.25) is 0 Å². The van der Waals surface area contributed by atoms with E-state index >= 15 is 0 Å². The monoisotopic (exact) mass is 446 g/mol. The lowest BCUT2D eigenvalue weighted by Gasteiger charge is -2.29. The lowest BCUT2D eigenvalue weighted by molar-refractivity contribution is -0.122. The molecule has 1 saturated heterocycles. The maximum atomic E-state index is 13.2. The maximum Gasteiger partial charge on any atom is 0.270 e. The molecule has 1 fully saturated rings. The van der Waals surface area contributed by atoms with E-state index in [1.165, 1.54) is 25.0 Å². The Labute approximate surface area is 189 Å². The molecule has 0 aliphatic carbocycles. The average molecular weight is 446 g/mol. The van der Waals surface area contributed by atoms with E-state index in [1.54, 1.807) is 60.7 Å². The van der Waals surface area contributed by atoms with Crippen LogP contribution in [0.1, 0.15) is 23.0 Å². The number of ether oxygens (including phenoxy) is 1. The number of furan rings is 1. The lowest BCUT2D eigenvalue weighted by Crippen LogP contribution is -2.54. The second-order valence-electron chi connectivity index (χ2n) is 6.97. The van der Waals surface area contributed by atoms with Crippen molar-refractivity contribution in [2.75, 3.05) is 12.0 Å². The van der Waals surface area contributed by atoms with Gasteiger partial charge in [-0.15, -0.1) is 0 Å². The number of para-hydroxylation sites is 2. The predicted molar refractivity (Wildman–Crippen MR) is 123 cm³/mol. The molecular weight excluding hydrogens is 428 g/mol. The van der Waals surface area contributed by atoms with E-state index in [2.05, 4.69) is 5.32 Å². The molecule has 32 heavy (non-hydrogen) atoms. The largest absolute Gasteiger partial charge is 0.495 e. The van der Waals surface area contributed by atoms with Crippen molar-refractivity contribution in [2.24, 2.45) is 0 Å². The summed E-state index contributed by atoms with van der Waals surface area (Å²) in [4.78, 5) is 38.4. The van der Waals surface area contributed by atoms with Crippen LogP contribution in [-0.2, 0) is 9.59 Å². The predicted octanol–water partition coefficient (Wildman–Crippen LogP) is 3.99. The first kappa shape index (κ1) is 21.2. The molecule has 160 valence electrons. The van der Waals surface area contributed by atoms with Gasteiger partial charge in [-0.05, 0) is 49.5 Å². The van der Waals surface area contributed by atoms with Crippen LogP contribution in [0.5, 0.6) is 5.75 Å². The van der Waals surface area contributed by atoms with Crippen molar-refractivity contribution in [1.29, 1.82) is 0 Å². The zero-order valence-electron chi connectivity index (χ0n) is 17.2. The van der Waals surface area contributed by atoms with Crippen LogP contribution in [0.4, 0.5) is 5.69 Å². The zero-order valence-corrected chi connectivity index (χ0v) is 18.1. The van der Waals surface area contributed by atoms with Crippen molar-refractivity contribution in [1.82, 2.24) is 5.32 Å². The number of Topliss-reactive ketones (excluding diaryl/α,β-unsaturated/α-hetero) is 1. The Bertz CT molecular complexity index is 1270. The highest BCUT2D eigenvalue weighted by Crippen LogP contribution is 2.31. The van der Waals surface area contributed by atoms with Crippen molar-refractivity contribution < 1.29 is 23.5 Å². The molecule has 1 aliphatic rings. The molecular formula is C24H18N2O5S. The Hall–Kier alpha value is -4.04. The van der Waals surface area contributed by atoms with Crippen molar-refractivity contribution in [2.45, 2.75) is 6.92 Å². The molecule has 0 saturated carbocycles. The summed E-state index contributed by atoms with van der Waals surface area (Å²) in [7, 11) is 1.49. The number of amides is 2. The summed E-state index contributed by atoms with van der Waals surface area (Å²) in [6.45, 7) is 1.50. The van der Waals surface area contributed by atoms with Gasteiger partial charge in [0.05, 0.1) is 12.8 Å². The molecule has 2 amide bonds. The fraction of sp³-hybridized carbons (Fsp3) is 0.0833. The number of hydrogen-bond acceptors (Lipinski definition) is 6. The standard InChI is InChI=1S/C24H18N2O5S/c1-14(27)15-7-9-16(10-8-15)20-12-11-17(31-20)13-18-22(28)25-24(32)26(23(18)29)19-5-3-4-6-21(19)30-2/h3-13H,1-2H3,(H,25,28,32)/b18-13+.